The van der Waals surface area contributed by atoms with E-state index in [1.807, 2.05) is 23.7 Å². The molecule has 2 heterocycles. The van der Waals surface area contributed by atoms with Crippen molar-refractivity contribution < 1.29 is 0 Å². The number of nitrogens with zero attached hydrogens (tertiary/aromatic N) is 3. The normalized spacial score (nSPS) is 11.1. The standard InChI is InChI=1S/C11H11N5/c1-16-6-13-9-3-2-7(4-10(9)16)8-5-14-15-11(8)12/h2-6H,1H3,(H3,12,14,15). The molecule has 0 spiro atoms. The highest BCUT2D eigenvalue weighted by Crippen LogP contribution is 2.26. The molecule has 0 atom stereocenters. The topological polar surface area (TPSA) is 72.5 Å². The van der Waals surface area contributed by atoms with E-state index in [1.54, 1.807) is 12.5 Å². The van der Waals surface area contributed by atoms with Crippen molar-refractivity contribution in [3.05, 3.63) is 30.7 Å². The largest absolute Gasteiger partial charge is 0.384 e. The smallest absolute Gasteiger partial charge is 0.126 e. The summed E-state index contributed by atoms with van der Waals surface area (Å²) in [5, 5.41) is 6.64. The summed E-state index contributed by atoms with van der Waals surface area (Å²) in [5.41, 5.74) is 9.81. The van der Waals surface area contributed by atoms with Crippen LogP contribution in [0.4, 0.5) is 5.82 Å². The number of aromatic nitrogens is 4. The van der Waals surface area contributed by atoms with Crippen LogP contribution in [0.25, 0.3) is 22.2 Å². The number of anilines is 1. The van der Waals surface area contributed by atoms with Gasteiger partial charge in [-0.1, -0.05) is 6.07 Å². The Balaban J connectivity index is 2.25. The first-order chi connectivity index (χ1) is 7.75. The molecule has 0 aliphatic carbocycles. The van der Waals surface area contributed by atoms with Gasteiger partial charge in [0.2, 0.25) is 0 Å². The molecule has 3 aromatic rings. The maximum Gasteiger partial charge on any atom is 0.126 e. The van der Waals surface area contributed by atoms with Crippen molar-refractivity contribution in [3.8, 4) is 11.1 Å². The van der Waals surface area contributed by atoms with Crippen molar-refractivity contribution in [1.29, 1.82) is 0 Å². The lowest BCUT2D eigenvalue weighted by Gasteiger charge is -2.00. The lowest BCUT2D eigenvalue weighted by molar-refractivity contribution is 0.948. The second-order valence-electron chi connectivity index (χ2n) is 3.76. The molecule has 0 amide bonds. The number of nitrogen functional groups attached to an aromatic ring is 1. The fraction of sp³-hybridized carbons (Fsp3) is 0.0909. The average molecular weight is 213 g/mol. The van der Waals surface area contributed by atoms with Crippen molar-refractivity contribution in [2.75, 3.05) is 5.73 Å². The van der Waals surface area contributed by atoms with Gasteiger partial charge in [-0.25, -0.2) is 4.98 Å². The molecule has 0 radical (unpaired) electrons. The third-order valence-electron chi connectivity index (χ3n) is 2.71. The molecule has 80 valence electrons. The Hall–Kier alpha value is -2.30. The number of imidazole rings is 1. The zero-order valence-corrected chi connectivity index (χ0v) is 8.81. The third-order valence-corrected chi connectivity index (χ3v) is 2.71. The van der Waals surface area contributed by atoms with Gasteiger partial charge < -0.3 is 10.3 Å². The van der Waals surface area contributed by atoms with Gasteiger partial charge in [0.05, 0.1) is 23.6 Å². The minimum Gasteiger partial charge on any atom is -0.384 e. The highest BCUT2D eigenvalue weighted by molar-refractivity contribution is 5.84. The molecule has 0 aliphatic rings. The van der Waals surface area contributed by atoms with Crippen LogP contribution in [-0.4, -0.2) is 19.7 Å². The minimum atomic E-state index is 0.585. The zero-order valence-electron chi connectivity index (χ0n) is 8.81. The molecule has 0 saturated carbocycles. The van der Waals surface area contributed by atoms with Gasteiger partial charge in [0.1, 0.15) is 5.82 Å². The molecule has 5 nitrogen and oxygen atoms in total. The molecule has 0 unspecified atom stereocenters. The van der Waals surface area contributed by atoms with Crippen LogP contribution in [-0.2, 0) is 7.05 Å². The molecule has 16 heavy (non-hydrogen) atoms. The van der Waals surface area contributed by atoms with Crippen molar-refractivity contribution >= 4 is 16.9 Å². The summed E-state index contributed by atoms with van der Waals surface area (Å²) in [6.45, 7) is 0. The van der Waals surface area contributed by atoms with E-state index in [0.717, 1.165) is 22.2 Å². The van der Waals surface area contributed by atoms with Gasteiger partial charge in [0.25, 0.3) is 0 Å². The summed E-state index contributed by atoms with van der Waals surface area (Å²) in [7, 11) is 1.97. The number of benzene rings is 1. The van der Waals surface area contributed by atoms with E-state index in [4.69, 9.17) is 5.73 Å². The number of aromatic amines is 1. The van der Waals surface area contributed by atoms with Crippen LogP contribution in [0.5, 0.6) is 0 Å². The van der Waals surface area contributed by atoms with E-state index >= 15 is 0 Å². The number of hydrogen-bond donors (Lipinski definition) is 2. The maximum absolute atomic E-state index is 5.79. The first-order valence-electron chi connectivity index (χ1n) is 4.96. The van der Waals surface area contributed by atoms with Gasteiger partial charge in [-0.05, 0) is 17.7 Å². The van der Waals surface area contributed by atoms with Gasteiger partial charge in [-0.15, -0.1) is 0 Å². The predicted octanol–water partition coefficient (Wildman–Crippen LogP) is 1.55. The summed E-state index contributed by atoms with van der Waals surface area (Å²) < 4.78 is 1.98. The molecule has 3 N–H and O–H groups in total. The van der Waals surface area contributed by atoms with Crippen LogP contribution < -0.4 is 5.73 Å². The number of rotatable bonds is 1. The number of nitrogens with one attached hydrogen (secondary N) is 1. The van der Waals surface area contributed by atoms with Crippen LogP contribution in [0.3, 0.4) is 0 Å². The van der Waals surface area contributed by atoms with Crippen LogP contribution in [0.2, 0.25) is 0 Å². The first-order valence-corrected chi connectivity index (χ1v) is 4.96. The fourth-order valence-electron chi connectivity index (χ4n) is 1.82. The molecule has 0 saturated heterocycles. The molecule has 0 aliphatic heterocycles. The number of aryl methyl sites for hydroxylation is 1. The second-order valence-corrected chi connectivity index (χ2v) is 3.76. The quantitative estimate of drug-likeness (QED) is 0.644. The van der Waals surface area contributed by atoms with E-state index in [1.165, 1.54) is 0 Å². The van der Waals surface area contributed by atoms with E-state index in [2.05, 4.69) is 21.2 Å². The van der Waals surface area contributed by atoms with E-state index in [9.17, 15) is 0 Å². The van der Waals surface area contributed by atoms with Gasteiger partial charge >= 0.3 is 0 Å². The highest BCUT2D eigenvalue weighted by Gasteiger charge is 2.07. The molecule has 2 aromatic heterocycles. The number of H-pyrrole nitrogens is 1. The van der Waals surface area contributed by atoms with Crippen molar-refractivity contribution in [2.45, 2.75) is 0 Å². The lowest BCUT2D eigenvalue weighted by Crippen LogP contribution is -1.88. The summed E-state index contributed by atoms with van der Waals surface area (Å²) in [4.78, 5) is 4.27. The van der Waals surface area contributed by atoms with Gasteiger partial charge in [-0.3, -0.25) is 5.10 Å². The van der Waals surface area contributed by atoms with Crippen LogP contribution in [0.15, 0.2) is 30.7 Å². The predicted molar refractivity (Wildman–Crippen MR) is 62.7 cm³/mol. The molecular weight excluding hydrogens is 202 g/mol. The van der Waals surface area contributed by atoms with Crippen molar-refractivity contribution in [1.82, 2.24) is 19.7 Å². The van der Waals surface area contributed by atoms with Crippen LogP contribution in [0, 0.1) is 0 Å². The number of fused-ring (bicyclic) bond motifs is 1. The Morgan fingerprint density at radius 3 is 3.00 bits per heavy atom. The van der Waals surface area contributed by atoms with E-state index < -0.39 is 0 Å². The summed E-state index contributed by atoms with van der Waals surface area (Å²) in [5.74, 6) is 0.585. The average Bonchev–Trinajstić information content (AvgIpc) is 2.86. The summed E-state index contributed by atoms with van der Waals surface area (Å²) >= 11 is 0. The molecule has 0 bridgehead atoms. The van der Waals surface area contributed by atoms with Gasteiger partial charge in [0, 0.05) is 12.6 Å². The molecule has 0 fully saturated rings. The van der Waals surface area contributed by atoms with E-state index in [-0.39, 0.29) is 0 Å². The van der Waals surface area contributed by atoms with E-state index in [0.29, 0.717) is 5.82 Å². The van der Waals surface area contributed by atoms with Gasteiger partial charge in [-0.2, -0.15) is 5.10 Å². The number of hydrogen-bond acceptors (Lipinski definition) is 3. The Kier molecular flexibility index (Phi) is 1.73. The molecular formula is C11H11N5. The molecule has 5 heteroatoms. The Bertz CT molecular complexity index is 649. The highest BCUT2D eigenvalue weighted by atomic mass is 15.1. The lowest BCUT2D eigenvalue weighted by atomic mass is 10.1. The van der Waals surface area contributed by atoms with Crippen LogP contribution in [0.1, 0.15) is 0 Å². The van der Waals surface area contributed by atoms with Crippen molar-refractivity contribution in [3.63, 3.8) is 0 Å². The molecule has 1 aromatic carbocycles. The summed E-state index contributed by atoms with van der Waals surface area (Å²) in [6.07, 6.45) is 3.53. The van der Waals surface area contributed by atoms with Crippen molar-refractivity contribution in [2.24, 2.45) is 7.05 Å². The zero-order chi connectivity index (χ0) is 11.1. The summed E-state index contributed by atoms with van der Waals surface area (Å²) in [6, 6.07) is 6.04. The van der Waals surface area contributed by atoms with Gasteiger partial charge in [0.15, 0.2) is 0 Å². The number of nitrogens with two attached hydrogens (primary N) is 1. The Morgan fingerprint density at radius 2 is 2.25 bits per heavy atom. The molecule has 3 rings (SSSR count). The third kappa shape index (κ3) is 1.18. The Labute approximate surface area is 91.9 Å². The Morgan fingerprint density at radius 1 is 1.38 bits per heavy atom. The first kappa shape index (κ1) is 8.96. The van der Waals surface area contributed by atoms with Crippen LogP contribution >= 0.6 is 0 Å². The maximum atomic E-state index is 5.79. The fourth-order valence-corrected chi connectivity index (χ4v) is 1.82. The SMILES string of the molecule is Cn1cnc2ccc(-c3cn[nH]c3N)cc21. The monoisotopic (exact) mass is 213 g/mol. The minimum absolute atomic E-state index is 0.585. The second kappa shape index (κ2) is 3.10.